The van der Waals surface area contributed by atoms with E-state index in [2.05, 4.69) is 45.9 Å². The summed E-state index contributed by atoms with van der Waals surface area (Å²) in [6.45, 7) is 5.78. The molecule has 2 aliphatic rings. The highest BCUT2D eigenvalue weighted by Gasteiger charge is 2.47. The molecule has 210 valence electrons. The first kappa shape index (κ1) is 32.1. The van der Waals surface area contributed by atoms with Crippen LogP contribution in [0.25, 0.3) is 0 Å². The van der Waals surface area contributed by atoms with Crippen LogP contribution in [0.1, 0.15) is 24.8 Å². The van der Waals surface area contributed by atoms with Crippen molar-refractivity contribution in [2.45, 2.75) is 38.2 Å². The van der Waals surface area contributed by atoms with Crippen LogP contribution < -0.4 is 0 Å². The van der Waals surface area contributed by atoms with Crippen molar-refractivity contribution in [3.8, 4) is 0 Å². The summed E-state index contributed by atoms with van der Waals surface area (Å²) in [4.78, 5) is 41.4. The largest absolute Gasteiger partial charge is 0.490 e. The highest BCUT2D eigenvalue weighted by molar-refractivity contribution is 5.85. The molecule has 1 amide bonds. The fourth-order valence-electron chi connectivity index (χ4n) is 3.78. The zero-order chi connectivity index (χ0) is 28.4. The maximum absolute atomic E-state index is 12.8. The first-order valence-electron chi connectivity index (χ1n) is 11.1. The SMILES string of the molecule is CN(C)CCN1CCC2(CCN(Cc3ccncc3)CC2)C1=O.O=C(O)C(F)(F)F.O=C(O)C(F)(F)F. The molecule has 2 aliphatic heterocycles. The van der Waals surface area contributed by atoms with E-state index in [4.69, 9.17) is 19.8 Å². The summed E-state index contributed by atoms with van der Waals surface area (Å²) in [5, 5.41) is 14.2. The first-order chi connectivity index (χ1) is 17.0. The number of carbonyl (C=O) groups is 3. The molecule has 0 aliphatic carbocycles. The van der Waals surface area contributed by atoms with E-state index in [-0.39, 0.29) is 5.41 Å². The van der Waals surface area contributed by atoms with Crippen molar-refractivity contribution in [3.05, 3.63) is 30.1 Å². The van der Waals surface area contributed by atoms with E-state index < -0.39 is 24.3 Å². The number of aromatic nitrogens is 1. The Morgan fingerprint density at radius 2 is 1.38 bits per heavy atom. The minimum atomic E-state index is -5.08. The third kappa shape index (κ3) is 10.9. The van der Waals surface area contributed by atoms with Crippen LogP contribution in [-0.2, 0) is 20.9 Å². The van der Waals surface area contributed by atoms with Crippen LogP contribution >= 0.6 is 0 Å². The summed E-state index contributed by atoms with van der Waals surface area (Å²) >= 11 is 0. The Labute approximate surface area is 209 Å². The molecule has 0 radical (unpaired) electrons. The number of carboxylic acid groups (broad SMARTS) is 2. The summed E-state index contributed by atoms with van der Waals surface area (Å²) in [5.74, 6) is -5.11. The van der Waals surface area contributed by atoms with Crippen molar-refractivity contribution in [1.82, 2.24) is 19.7 Å². The average Bonchev–Trinajstić information content (AvgIpc) is 3.09. The van der Waals surface area contributed by atoms with Crippen molar-refractivity contribution in [2.75, 3.05) is 46.8 Å². The number of piperidine rings is 1. The number of carbonyl (C=O) groups excluding carboxylic acids is 1. The molecule has 3 rings (SSSR count). The Hall–Kier alpha value is -2.94. The number of hydrogen-bond acceptors (Lipinski definition) is 6. The molecule has 1 aromatic rings. The van der Waals surface area contributed by atoms with Crippen molar-refractivity contribution in [1.29, 1.82) is 0 Å². The summed E-state index contributed by atoms with van der Waals surface area (Å²) in [7, 11) is 4.13. The number of rotatable bonds is 5. The summed E-state index contributed by atoms with van der Waals surface area (Å²) in [6.07, 6.45) is -3.40. The maximum atomic E-state index is 12.8. The number of pyridine rings is 1. The average molecular weight is 544 g/mol. The van der Waals surface area contributed by atoms with Crippen LogP contribution in [0.3, 0.4) is 0 Å². The molecule has 0 unspecified atom stereocenters. The predicted octanol–water partition coefficient (Wildman–Crippen LogP) is 2.72. The number of hydrogen-bond donors (Lipinski definition) is 2. The molecule has 0 bridgehead atoms. The lowest BCUT2D eigenvalue weighted by Gasteiger charge is -2.38. The van der Waals surface area contributed by atoms with Crippen LogP contribution in [0.4, 0.5) is 26.3 Å². The van der Waals surface area contributed by atoms with Crippen LogP contribution in [0.2, 0.25) is 0 Å². The van der Waals surface area contributed by atoms with Crippen LogP contribution in [0.15, 0.2) is 24.5 Å². The van der Waals surface area contributed by atoms with Gasteiger partial charge >= 0.3 is 24.3 Å². The number of nitrogens with zero attached hydrogens (tertiary/aromatic N) is 4. The van der Waals surface area contributed by atoms with Gasteiger partial charge in [0.25, 0.3) is 0 Å². The number of alkyl halides is 6. The van der Waals surface area contributed by atoms with E-state index in [1.165, 1.54) is 5.56 Å². The highest BCUT2D eigenvalue weighted by Crippen LogP contribution is 2.41. The van der Waals surface area contributed by atoms with Crippen molar-refractivity contribution >= 4 is 17.8 Å². The standard InChI is InChI=1S/C18H28N4O.2C2HF3O2/c1-20(2)13-14-22-12-7-18(17(22)23)5-10-21(11-6-18)15-16-3-8-19-9-4-16;2*3-2(4,5)1(6)7/h3-4,8-9H,5-7,10-15H2,1-2H3;2*(H,6,7). The number of halogens is 6. The molecule has 2 saturated heterocycles. The lowest BCUT2D eigenvalue weighted by molar-refractivity contribution is -0.193. The number of aliphatic carboxylic acids is 2. The maximum Gasteiger partial charge on any atom is 0.490 e. The normalized spacial score (nSPS) is 17.6. The molecule has 37 heavy (non-hydrogen) atoms. The molecular weight excluding hydrogens is 514 g/mol. The minimum Gasteiger partial charge on any atom is -0.475 e. The van der Waals surface area contributed by atoms with Gasteiger partial charge < -0.3 is 20.0 Å². The van der Waals surface area contributed by atoms with Gasteiger partial charge in [0, 0.05) is 38.6 Å². The fourth-order valence-corrected chi connectivity index (χ4v) is 3.78. The zero-order valence-electron chi connectivity index (χ0n) is 20.3. The monoisotopic (exact) mass is 544 g/mol. The molecule has 0 atom stereocenters. The Bertz CT molecular complexity index is 864. The van der Waals surface area contributed by atoms with Crippen LogP contribution in [-0.4, -0.2) is 107 Å². The van der Waals surface area contributed by atoms with Gasteiger partial charge in [0.15, 0.2) is 0 Å². The third-order valence-electron chi connectivity index (χ3n) is 5.87. The van der Waals surface area contributed by atoms with E-state index in [0.29, 0.717) is 5.91 Å². The van der Waals surface area contributed by atoms with Crippen molar-refractivity contribution < 1.29 is 50.9 Å². The van der Waals surface area contributed by atoms with E-state index >= 15 is 0 Å². The first-order valence-corrected chi connectivity index (χ1v) is 11.1. The second-order valence-corrected chi connectivity index (χ2v) is 8.86. The second kappa shape index (κ2) is 13.6. The molecule has 0 aromatic carbocycles. The van der Waals surface area contributed by atoms with E-state index in [1.807, 2.05) is 12.4 Å². The summed E-state index contributed by atoms with van der Waals surface area (Å²) in [6, 6.07) is 4.15. The molecule has 1 aromatic heterocycles. The van der Waals surface area contributed by atoms with E-state index in [9.17, 15) is 31.1 Å². The number of likely N-dealkylation sites (N-methyl/N-ethyl adjacent to an activating group) is 1. The lowest BCUT2D eigenvalue weighted by Crippen LogP contribution is -2.45. The molecule has 2 fully saturated rings. The number of carboxylic acids is 2. The van der Waals surface area contributed by atoms with Gasteiger partial charge in [-0.15, -0.1) is 0 Å². The topological polar surface area (TPSA) is 114 Å². The van der Waals surface area contributed by atoms with Gasteiger partial charge in [-0.3, -0.25) is 14.7 Å². The Kier molecular flexibility index (Phi) is 11.8. The molecule has 0 saturated carbocycles. The molecule has 15 heteroatoms. The van der Waals surface area contributed by atoms with Gasteiger partial charge in [-0.25, -0.2) is 9.59 Å². The smallest absolute Gasteiger partial charge is 0.475 e. The molecular formula is C22H30F6N4O5. The quantitative estimate of drug-likeness (QED) is 0.544. The molecule has 3 heterocycles. The summed E-state index contributed by atoms with van der Waals surface area (Å²) in [5.41, 5.74) is 1.24. The Morgan fingerprint density at radius 3 is 1.78 bits per heavy atom. The van der Waals surface area contributed by atoms with Gasteiger partial charge in [0.2, 0.25) is 5.91 Å². The van der Waals surface area contributed by atoms with Gasteiger partial charge in [-0.1, -0.05) is 0 Å². The lowest BCUT2D eigenvalue weighted by atomic mass is 9.77. The van der Waals surface area contributed by atoms with Gasteiger partial charge in [0.1, 0.15) is 0 Å². The molecule has 2 N–H and O–H groups in total. The zero-order valence-corrected chi connectivity index (χ0v) is 20.3. The fraction of sp³-hybridized carbons (Fsp3) is 0.636. The Morgan fingerprint density at radius 1 is 0.946 bits per heavy atom. The molecule has 9 nitrogen and oxygen atoms in total. The number of likely N-dealkylation sites (tertiary alicyclic amines) is 2. The number of amides is 1. The van der Waals surface area contributed by atoms with Gasteiger partial charge in [0.05, 0.1) is 5.41 Å². The van der Waals surface area contributed by atoms with E-state index in [1.54, 1.807) is 0 Å². The Balaban J connectivity index is 0.000000404. The van der Waals surface area contributed by atoms with Crippen molar-refractivity contribution in [2.24, 2.45) is 5.41 Å². The second-order valence-electron chi connectivity index (χ2n) is 8.86. The predicted molar refractivity (Wildman–Crippen MR) is 118 cm³/mol. The van der Waals surface area contributed by atoms with Gasteiger partial charge in [-0.05, 0) is 64.1 Å². The minimum absolute atomic E-state index is 0.0684. The van der Waals surface area contributed by atoms with Crippen LogP contribution in [0, 0.1) is 5.41 Å². The third-order valence-corrected chi connectivity index (χ3v) is 5.87. The molecule has 1 spiro atoms. The van der Waals surface area contributed by atoms with Gasteiger partial charge in [-0.2, -0.15) is 26.3 Å². The van der Waals surface area contributed by atoms with Crippen LogP contribution in [0.5, 0.6) is 0 Å². The van der Waals surface area contributed by atoms with Crippen molar-refractivity contribution in [3.63, 3.8) is 0 Å². The highest BCUT2D eigenvalue weighted by atomic mass is 19.4. The van der Waals surface area contributed by atoms with E-state index in [0.717, 1.165) is 58.5 Å². The summed E-state index contributed by atoms with van der Waals surface area (Å²) < 4.78 is 63.5.